The van der Waals surface area contributed by atoms with Gasteiger partial charge in [-0.2, -0.15) is 0 Å². The van der Waals surface area contributed by atoms with Crippen molar-refractivity contribution in [3.63, 3.8) is 0 Å². The fourth-order valence-electron chi connectivity index (χ4n) is 4.53. The lowest BCUT2D eigenvalue weighted by Gasteiger charge is -2.36. The van der Waals surface area contributed by atoms with Gasteiger partial charge in [0.05, 0.1) is 10.7 Å². The lowest BCUT2D eigenvalue weighted by molar-refractivity contribution is 0.0186. The second-order valence-corrected chi connectivity index (χ2v) is 11.0. The molecule has 0 bridgehead atoms. The van der Waals surface area contributed by atoms with Crippen molar-refractivity contribution in [1.29, 1.82) is 0 Å². The monoisotopic (exact) mass is 473 g/mol. The lowest BCUT2D eigenvalue weighted by Crippen LogP contribution is -2.49. The Bertz CT molecular complexity index is 963. The highest BCUT2D eigenvalue weighted by molar-refractivity contribution is 7.09. The van der Waals surface area contributed by atoms with Crippen LogP contribution in [0.3, 0.4) is 0 Å². The molecule has 0 atom stereocenters. The van der Waals surface area contributed by atoms with E-state index in [1.165, 1.54) is 0 Å². The molecule has 0 N–H and O–H groups in total. The molecule has 0 unspecified atom stereocenters. The number of piperazine rings is 1. The molecular weight excluding hydrogens is 438 g/mol. The minimum atomic E-state index is -0.489. The van der Waals surface area contributed by atoms with Crippen LogP contribution in [0.1, 0.15) is 60.8 Å². The van der Waals surface area contributed by atoms with Crippen LogP contribution in [0.2, 0.25) is 0 Å². The van der Waals surface area contributed by atoms with Crippen molar-refractivity contribution < 1.29 is 14.3 Å². The molecule has 0 radical (unpaired) electrons. The Kier molecular flexibility index (Phi) is 7.09. The number of hydrogen-bond donors (Lipinski definition) is 0. The zero-order chi connectivity index (χ0) is 23.6. The van der Waals surface area contributed by atoms with Crippen molar-refractivity contribution in [2.24, 2.45) is 0 Å². The molecule has 2 aromatic heterocycles. The average molecular weight is 474 g/mol. The van der Waals surface area contributed by atoms with Gasteiger partial charge in [0.1, 0.15) is 11.3 Å². The molecule has 0 aliphatic carbocycles. The topological polar surface area (TPSA) is 70.9 Å². The minimum absolute atomic E-state index is 0.0960. The van der Waals surface area contributed by atoms with Crippen molar-refractivity contribution in [1.82, 2.24) is 24.3 Å². The zero-order valence-corrected chi connectivity index (χ0v) is 20.9. The molecular formula is C24H35N5O3S. The number of rotatable bonds is 4. The van der Waals surface area contributed by atoms with Crippen LogP contribution < -0.4 is 0 Å². The first-order valence-electron chi connectivity index (χ1n) is 11.8. The number of ether oxygens (including phenoxy) is 1. The molecule has 9 heteroatoms. The van der Waals surface area contributed by atoms with E-state index in [0.717, 1.165) is 62.0 Å². The number of nitrogens with zero attached hydrogens (tertiary/aromatic N) is 5. The molecule has 4 rings (SSSR count). The minimum Gasteiger partial charge on any atom is -0.444 e. The van der Waals surface area contributed by atoms with Crippen LogP contribution in [-0.4, -0.2) is 81.1 Å². The largest absolute Gasteiger partial charge is 0.444 e. The third-order valence-electron chi connectivity index (χ3n) is 6.22. The summed E-state index contributed by atoms with van der Waals surface area (Å²) in [7, 11) is 0. The van der Waals surface area contributed by atoms with Gasteiger partial charge in [-0.1, -0.05) is 0 Å². The van der Waals surface area contributed by atoms with Gasteiger partial charge < -0.3 is 19.1 Å². The molecule has 2 saturated heterocycles. The van der Waals surface area contributed by atoms with Gasteiger partial charge in [-0.05, 0) is 52.7 Å². The Balaban J connectivity index is 1.30. The quantitative estimate of drug-likeness (QED) is 0.676. The summed E-state index contributed by atoms with van der Waals surface area (Å²) in [5.74, 6) is 0.0960. The van der Waals surface area contributed by atoms with E-state index in [1.54, 1.807) is 16.2 Å². The second kappa shape index (κ2) is 9.85. The van der Waals surface area contributed by atoms with E-state index >= 15 is 0 Å². The maximum Gasteiger partial charge on any atom is 0.410 e. The maximum absolute atomic E-state index is 13.3. The number of thiazole rings is 1. The van der Waals surface area contributed by atoms with Gasteiger partial charge in [0.15, 0.2) is 0 Å². The van der Waals surface area contributed by atoms with Crippen molar-refractivity contribution in [2.75, 3.05) is 39.3 Å². The highest BCUT2D eigenvalue weighted by Crippen LogP contribution is 2.26. The zero-order valence-electron chi connectivity index (χ0n) is 20.1. The van der Waals surface area contributed by atoms with Gasteiger partial charge in [-0.3, -0.25) is 9.69 Å². The SMILES string of the molecule is Cc1nc(CN2CCN(C(=O)c3cccn3C3CCN(C(=O)OC(C)(C)C)CC3)CC2)cs1. The van der Waals surface area contributed by atoms with E-state index in [0.29, 0.717) is 13.1 Å². The Hall–Kier alpha value is -2.39. The number of hydrogen-bond acceptors (Lipinski definition) is 6. The molecule has 33 heavy (non-hydrogen) atoms. The fraction of sp³-hybridized carbons (Fsp3) is 0.625. The summed E-state index contributed by atoms with van der Waals surface area (Å²) < 4.78 is 7.61. The normalized spacial score (nSPS) is 18.5. The molecule has 2 aliphatic heterocycles. The standard InChI is InChI=1S/C24H35N5O3S/c1-18-25-19(17-33-18)16-26-12-14-27(15-13-26)22(30)21-6-5-9-29(21)20-7-10-28(11-8-20)23(31)32-24(2,3)4/h5-6,9,17,20H,7-8,10-16H2,1-4H3. The molecule has 2 aliphatic rings. The van der Waals surface area contributed by atoms with E-state index in [2.05, 4.69) is 19.8 Å². The van der Waals surface area contributed by atoms with Crippen molar-refractivity contribution in [3.8, 4) is 0 Å². The Morgan fingerprint density at radius 3 is 2.39 bits per heavy atom. The summed E-state index contributed by atoms with van der Waals surface area (Å²) in [6, 6.07) is 4.09. The van der Waals surface area contributed by atoms with Crippen LogP contribution in [0.25, 0.3) is 0 Å². The highest BCUT2D eigenvalue weighted by Gasteiger charge is 2.30. The molecule has 4 heterocycles. The molecule has 0 saturated carbocycles. The van der Waals surface area contributed by atoms with E-state index < -0.39 is 5.60 Å². The van der Waals surface area contributed by atoms with Crippen molar-refractivity contribution >= 4 is 23.3 Å². The van der Waals surface area contributed by atoms with Crippen LogP contribution >= 0.6 is 11.3 Å². The third kappa shape index (κ3) is 5.95. The van der Waals surface area contributed by atoms with Crippen LogP contribution in [0.5, 0.6) is 0 Å². The summed E-state index contributed by atoms with van der Waals surface area (Å²) in [6.07, 6.45) is 3.38. The first-order chi connectivity index (χ1) is 15.7. The second-order valence-electron chi connectivity index (χ2n) is 9.93. The summed E-state index contributed by atoms with van der Waals surface area (Å²) in [5, 5.41) is 3.21. The number of aromatic nitrogens is 2. The average Bonchev–Trinajstić information content (AvgIpc) is 3.42. The number of piperidine rings is 1. The number of aryl methyl sites for hydroxylation is 1. The first-order valence-corrected chi connectivity index (χ1v) is 12.6. The summed E-state index contributed by atoms with van der Waals surface area (Å²) >= 11 is 1.68. The van der Waals surface area contributed by atoms with E-state index in [4.69, 9.17) is 4.74 Å². The number of carbonyl (C=O) groups excluding carboxylic acids is 2. The highest BCUT2D eigenvalue weighted by atomic mass is 32.1. The predicted octanol–water partition coefficient (Wildman–Crippen LogP) is 3.78. The molecule has 2 aromatic rings. The predicted molar refractivity (Wildman–Crippen MR) is 129 cm³/mol. The van der Waals surface area contributed by atoms with Gasteiger partial charge in [0.2, 0.25) is 0 Å². The molecule has 0 aromatic carbocycles. The van der Waals surface area contributed by atoms with Crippen LogP contribution in [0, 0.1) is 6.92 Å². The molecule has 2 fully saturated rings. The van der Waals surface area contributed by atoms with Gasteiger partial charge in [0.25, 0.3) is 5.91 Å². The van der Waals surface area contributed by atoms with Gasteiger partial charge >= 0.3 is 6.09 Å². The summed E-state index contributed by atoms with van der Waals surface area (Å²) in [4.78, 5) is 36.3. The van der Waals surface area contributed by atoms with Crippen molar-refractivity contribution in [2.45, 2.75) is 58.7 Å². The number of likely N-dealkylation sites (tertiary alicyclic amines) is 1. The van der Waals surface area contributed by atoms with Gasteiger partial charge in [-0.25, -0.2) is 9.78 Å². The van der Waals surface area contributed by atoms with E-state index in [1.807, 2.05) is 50.9 Å². The van der Waals surface area contributed by atoms with E-state index in [-0.39, 0.29) is 18.0 Å². The summed E-state index contributed by atoms with van der Waals surface area (Å²) in [5.41, 5.74) is 1.37. The fourth-order valence-corrected chi connectivity index (χ4v) is 5.13. The van der Waals surface area contributed by atoms with Crippen molar-refractivity contribution in [3.05, 3.63) is 40.1 Å². The Morgan fingerprint density at radius 2 is 1.79 bits per heavy atom. The van der Waals surface area contributed by atoms with E-state index in [9.17, 15) is 9.59 Å². The summed E-state index contributed by atoms with van der Waals surface area (Å²) in [6.45, 7) is 13.0. The molecule has 0 spiro atoms. The maximum atomic E-state index is 13.3. The first kappa shape index (κ1) is 23.8. The Labute approximate surface area is 200 Å². The molecule has 8 nitrogen and oxygen atoms in total. The third-order valence-corrected chi connectivity index (χ3v) is 7.04. The van der Waals surface area contributed by atoms with Crippen LogP contribution in [0.4, 0.5) is 4.79 Å². The smallest absolute Gasteiger partial charge is 0.410 e. The van der Waals surface area contributed by atoms with Crippen LogP contribution in [-0.2, 0) is 11.3 Å². The number of carbonyl (C=O) groups is 2. The molecule has 180 valence electrons. The van der Waals surface area contributed by atoms with Crippen LogP contribution in [0.15, 0.2) is 23.7 Å². The Morgan fingerprint density at radius 1 is 1.09 bits per heavy atom. The van der Waals surface area contributed by atoms with Gasteiger partial charge in [0, 0.05) is 63.4 Å². The van der Waals surface area contributed by atoms with Gasteiger partial charge in [-0.15, -0.1) is 11.3 Å². The lowest BCUT2D eigenvalue weighted by atomic mass is 10.0. The molecule has 2 amide bonds. The number of amides is 2.